The van der Waals surface area contributed by atoms with Crippen molar-refractivity contribution in [1.29, 1.82) is 0 Å². The van der Waals surface area contributed by atoms with Gasteiger partial charge in [0, 0.05) is 5.92 Å². The Morgan fingerprint density at radius 3 is 2.71 bits per heavy atom. The van der Waals surface area contributed by atoms with E-state index in [1.807, 2.05) is 26.8 Å². The molecule has 17 heavy (non-hydrogen) atoms. The number of carbonyl (C=O) groups is 1. The molecule has 0 saturated carbocycles. The molecule has 1 aromatic rings. The molecule has 6 heteroatoms. The zero-order valence-corrected chi connectivity index (χ0v) is 10.3. The standard InChI is InChI=1S/C11H18N4O2/c1-7(2)5-4-6-9(11(16)17)8(3)10-12-14-15-13-10/h5,8-9H,4,6H2,1-3H3,(H,16,17)(H,12,13,14,15). The van der Waals surface area contributed by atoms with Crippen molar-refractivity contribution in [2.24, 2.45) is 5.92 Å². The molecule has 1 aromatic heterocycles. The lowest BCUT2D eigenvalue weighted by atomic mass is 9.89. The largest absolute Gasteiger partial charge is 0.481 e. The van der Waals surface area contributed by atoms with Crippen LogP contribution in [0.25, 0.3) is 0 Å². The molecule has 0 radical (unpaired) electrons. The van der Waals surface area contributed by atoms with E-state index in [1.165, 1.54) is 5.57 Å². The first kappa shape index (κ1) is 13.3. The molecule has 0 amide bonds. The molecule has 2 atom stereocenters. The number of aliphatic carboxylic acids is 1. The fourth-order valence-corrected chi connectivity index (χ4v) is 1.68. The van der Waals surface area contributed by atoms with Crippen molar-refractivity contribution >= 4 is 5.97 Å². The Morgan fingerprint density at radius 2 is 2.24 bits per heavy atom. The van der Waals surface area contributed by atoms with Gasteiger partial charge < -0.3 is 5.11 Å². The fourth-order valence-electron chi connectivity index (χ4n) is 1.68. The summed E-state index contributed by atoms with van der Waals surface area (Å²) in [5.74, 6) is -1.08. The number of carboxylic acid groups (broad SMARTS) is 1. The second kappa shape index (κ2) is 6.12. The van der Waals surface area contributed by atoms with Gasteiger partial charge in [0.1, 0.15) is 0 Å². The van der Waals surface area contributed by atoms with Crippen LogP contribution < -0.4 is 0 Å². The number of nitrogens with one attached hydrogen (secondary N) is 1. The van der Waals surface area contributed by atoms with Gasteiger partial charge in [0.15, 0.2) is 5.82 Å². The third-order valence-corrected chi connectivity index (χ3v) is 2.72. The maximum absolute atomic E-state index is 11.2. The molecule has 0 aromatic carbocycles. The summed E-state index contributed by atoms with van der Waals surface area (Å²) in [7, 11) is 0. The second-order valence-corrected chi connectivity index (χ2v) is 4.36. The number of aromatic nitrogens is 4. The Bertz CT molecular complexity index is 382. The zero-order valence-electron chi connectivity index (χ0n) is 10.3. The van der Waals surface area contributed by atoms with Gasteiger partial charge in [-0.15, -0.1) is 10.2 Å². The van der Waals surface area contributed by atoms with E-state index in [0.29, 0.717) is 12.2 Å². The van der Waals surface area contributed by atoms with Crippen LogP contribution in [-0.4, -0.2) is 31.7 Å². The predicted octanol–water partition coefficient (Wildman–Crippen LogP) is 1.75. The summed E-state index contributed by atoms with van der Waals surface area (Å²) in [6.07, 6.45) is 3.37. The number of tetrazole rings is 1. The van der Waals surface area contributed by atoms with Crippen LogP contribution in [0.15, 0.2) is 11.6 Å². The van der Waals surface area contributed by atoms with Crippen molar-refractivity contribution in [1.82, 2.24) is 20.6 Å². The van der Waals surface area contributed by atoms with E-state index in [4.69, 9.17) is 0 Å². The number of nitrogens with zero attached hydrogens (tertiary/aromatic N) is 3. The third-order valence-electron chi connectivity index (χ3n) is 2.72. The van der Waals surface area contributed by atoms with Crippen LogP contribution in [0.3, 0.4) is 0 Å². The minimum atomic E-state index is -0.815. The molecule has 0 aliphatic rings. The highest BCUT2D eigenvalue weighted by Crippen LogP contribution is 2.25. The van der Waals surface area contributed by atoms with Gasteiger partial charge >= 0.3 is 5.97 Å². The van der Waals surface area contributed by atoms with E-state index in [0.717, 1.165) is 6.42 Å². The predicted molar refractivity (Wildman–Crippen MR) is 62.4 cm³/mol. The van der Waals surface area contributed by atoms with E-state index in [9.17, 15) is 9.90 Å². The summed E-state index contributed by atoms with van der Waals surface area (Å²) in [4.78, 5) is 11.2. The van der Waals surface area contributed by atoms with Gasteiger partial charge in [-0.3, -0.25) is 4.79 Å². The number of hydrogen-bond acceptors (Lipinski definition) is 4. The van der Waals surface area contributed by atoms with Crippen LogP contribution in [-0.2, 0) is 4.79 Å². The van der Waals surface area contributed by atoms with E-state index < -0.39 is 11.9 Å². The second-order valence-electron chi connectivity index (χ2n) is 4.36. The van der Waals surface area contributed by atoms with Crippen LogP contribution in [0, 0.1) is 5.92 Å². The molecular weight excluding hydrogens is 220 g/mol. The van der Waals surface area contributed by atoms with E-state index in [-0.39, 0.29) is 5.92 Å². The van der Waals surface area contributed by atoms with Crippen molar-refractivity contribution in [3.8, 4) is 0 Å². The maximum Gasteiger partial charge on any atom is 0.307 e. The number of allylic oxidation sites excluding steroid dienone is 2. The van der Waals surface area contributed by atoms with E-state index in [1.54, 1.807) is 0 Å². The summed E-state index contributed by atoms with van der Waals surface area (Å²) in [6, 6.07) is 0. The monoisotopic (exact) mass is 238 g/mol. The Balaban J connectivity index is 2.66. The number of aromatic amines is 1. The molecule has 2 N–H and O–H groups in total. The summed E-state index contributed by atoms with van der Waals surface area (Å²) >= 11 is 0. The molecule has 0 bridgehead atoms. The molecule has 0 spiro atoms. The Morgan fingerprint density at radius 1 is 1.53 bits per heavy atom. The highest BCUT2D eigenvalue weighted by molar-refractivity contribution is 5.71. The first-order valence-corrected chi connectivity index (χ1v) is 5.62. The lowest BCUT2D eigenvalue weighted by Crippen LogP contribution is -2.21. The zero-order chi connectivity index (χ0) is 12.8. The number of carboxylic acids is 1. The summed E-state index contributed by atoms with van der Waals surface area (Å²) in [5, 5.41) is 22.7. The molecular formula is C11H18N4O2. The average Bonchev–Trinajstić information content (AvgIpc) is 2.75. The van der Waals surface area contributed by atoms with E-state index >= 15 is 0 Å². The molecule has 0 aliphatic carbocycles. The third kappa shape index (κ3) is 3.97. The Kier molecular flexibility index (Phi) is 4.81. The minimum Gasteiger partial charge on any atom is -0.481 e. The summed E-state index contributed by atoms with van der Waals surface area (Å²) < 4.78 is 0. The smallest absolute Gasteiger partial charge is 0.307 e. The first-order chi connectivity index (χ1) is 8.02. The van der Waals surface area contributed by atoms with Gasteiger partial charge in [0.05, 0.1) is 5.92 Å². The van der Waals surface area contributed by atoms with Crippen LogP contribution in [0.1, 0.15) is 45.4 Å². The van der Waals surface area contributed by atoms with Crippen molar-refractivity contribution in [3.05, 3.63) is 17.5 Å². The minimum absolute atomic E-state index is 0.239. The van der Waals surface area contributed by atoms with Crippen LogP contribution in [0.5, 0.6) is 0 Å². The van der Waals surface area contributed by atoms with Gasteiger partial charge in [-0.05, 0) is 26.7 Å². The highest BCUT2D eigenvalue weighted by atomic mass is 16.4. The highest BCUT2D eigenvalue weighted by Gasteiger charge is 2.27. The molecule has 1 heterocycles. The van der Waals surface area contributed by atoms with Crippen LogP contribution in [0.2, 0.25) is 0 Å². The van der Waals surface area contributed by atoms with Gasteiger partial charge in [0.25, 0.3) is 0 Å². The SMILES string of the molecule is CC(C)=CCCC(C(=O)O)C(C)c1nn[nH]n1. The first-order valence-electron chi connectivity index (χ1n) is 5.62. The maximum atomic E-state index is 11.2. The van der Waals surface area contributed by atoms with Crippen molar-refractivity contribution in [3.63, 3.8) is 0 Å². The quantitative estimate of drug-likeness (QED) is 0.736. The van der Waals surface area contributed by atoms with Crippen molar-refractivity contribution in [2.75, 3.05) is 0 Å². The summed E-state index contributed by atoms with van der Waals surface area (Å²) in [6.45, 7) is 5.81. The van der Waals surface area contributed by atoms with Gasteiger partial charge in [-0.1, -0.05) is 23.8 Å². The molecule has 0 aliphatic heterocycles. The van der Waals surface area contributed by atoms with E-state index in [2.05, 4.69) is 20.6 Å². The summed E-state index contributed by atoms with van der Waals surface area (Å²) in [5.41, 5.74) is 1.20. The van der Waals surface area contributed by atoms with Crippen molar-refractivity contribution < 1.29 is 9.90 Å². The Labute approximate surface area is 100 Å². The molecule has 0 saturated heterocycles. The lowest BCUT2D eigenvalue weighted by molar-refractivity contribution is -0.142. The van der Waals surface area contributed by atoms with Crippen molar-refractivity contribution in [2.45, 2.75) is 39.5 Å². The number of rotatable bonds is 6. The Hall–Kier alpha value is -1.72. The molecule has 0 fully saturated rings. The topological polar surface area (TPSA) is 91.8 Å². The fraction of sp³-hybridized carbons (Fsp3) is 0.636. The normalized spacial score (nSPS) is 14.1. The molecule has 1 rings (SSSR count). The number of H-pyrrole nitrogens is 1. The van der Waals surface area contributed by atoms with Gasteiger partial charge in [-0.2, -0.15) is 5.21 Å². The van der Waals surface area contributed by atoms with Gasteiger partial charge in [0.2, 0.25) is 0 Å². The van der Waals surface area contributed by atoms with Gasteiger partial charge in [-0.25, -0.2) is 0 Å². The van der Waals surface area contributed by atoms with Crippen LogP contribution >= 0.6 is 0 Å². The van der Waals surface area contributed by atoms with Crippen LogP contribution in [0.4, 0.5) is 0 Å². The lowest BCUT2D eigenvalue weighted by Gasteiger charge is -2.16. The number of hydrogen-bond donors (Lipinski definition) is 2. The molecule has 2 unspecified atom stereocenters. The average molecular weight is 238 g/mol. The molecule has 6 nitrogen and oxygen atoms in total. The molecule has 94 valence electrons.